The summed E-state index contributed by atoms with van der Waals surface area (Å²) in [6, 6.07) is 13.2. The maximum Gasteiger partial charge on any atom is 0.255 e. The van der Waals surface area contributed by atoms with Crippen LogP contribution in [0.5, 0.6) is 23.0 Å². The average Bonchev–Trinajstić information content (AvgIpc) is 3.42. The normalized spacial score (nSPS) is 12.3. The molecule has 0 radical (unpaired) electrons. The molecule has 8 amide bonds. The molecule has 0 saturated carbocycles. The number of nitrogens with one attached hydrogen (secondary N) is 7. The molecule has 4 atom stereocenters. The average molecular weight is 1070 g/mol. The van der Waals surface area contributed by atoms with E-state index in [9.17, 15) is 38.4 Å². The molecule has 0 aliphatic heterocycles. The standard InChI is InChI=1S/C53H72N12O12/c1-30(47(67)60-31-15-19-42(74-2)35(26-31)46(58)66)59-48(68)36-28-33(17-21-43(36)75-3)62-52(72)40(13-7-10-24-55)65-50(70)38-29-34(18-22-45(38)77-5)63-53(73)41(14-8-11-25-56)64-49(69)37-27-32(16-20-44(37)76-4)61-51(71)39(57)12-6-9-23-54/h15-22,26-30,39-41H,6-14,23-25,54-57H2,1-5H3,(H2,58,66)(H,59,68)(H,60,67)(H,61,71)(H,62,72)(H,63,73)(H,64,69)(H,65,70). The Morgan fingerprint density at radius 2 is 0.740 bits per heavy atom. The van der Waals surface area contributed by atoms with Gasteiger partial charge >= 0.3 is 0 Å². The van der Waals surface area contributed by atoms with Gasteiger partial charge in [-0.3, -0.25) is 38.4 Å². The Hall–Kier alpha value is -8.32. The third-order valence-electron chi connectivity index (χ3n) is 12.1. The summed E-state index contributed by atoms with van der Waals surface area (Å²) >= 11 is 0. The second-order valence-corrected chi connectivity index (χ2v) is 17.7. The Morgan fingerprint density at radius 3 is 1.09 bits per heavy atom. The molecule has 24 nitrogen and oxygen atoms in total. The predicted octanol–water partition coefficient (Wildman–Crippen LogP) is 2.70. The first-order chi connectivity index (χ1) is 36.9. The fraction of sp³-hybridized carbons (Fsp3) is 0.396. The second-order valence-electron chi connectivity index (χ2n) is 17.7. The minimum absolute atomic E-state index is 0.0341. The van der Waals surface area contributed by atoms with Crippen LogP contribution in [0.2, 0.25) is 0 Å². The summed E-state index contributed by atoms with van der Waals surface area (Å²) in [5.41, 5.74) is 29.4. The van der Waals surface area contributed by atoms with Gasteiger partial charge in [-0.05, 0) is 151 Å². The zero-order valence-corrected chi connectivity index (χ0v) is 44.0. The van der Waals surface area contributed by atoms with Crippen LogP contribution in [0.3, 0.4) is 0 Å². The first kappa shape index (κ1) is 61.2. The lowest BCUT2D eigenvalue weighted by molar-refractivity contribution is -0.118. The van der Waals surface area contributed by atoms with Gasteiger partial charge in [0.2, 0.25) is 23.6 Å². The van der Waals surface area contributed by atoms with Crippen LogP contribution in [0.15, 0.2) is 72.8 Å². The summed E-state index contributed by atoms with van der Waals surface area (Å²) in [6.45, 7) is 2.57. The minimum atomic E-state index is -1.16. The van der Waals surface area contributed by atoms with Gasteiger partial charge in [-0.25, -0.2) is 0 Å². The molecule has 17 N–H and O–H groups in total. The van der Waals surface area contributed by atoms with Crippen molar-refractivity contribution in [2.75, 3.05) is 69.3 Å². The van der Waals surface area contributed by atoms with Gasteiger partial charge in [0.1, 0.15) is 41.1 Å². The van der Waals surface area contributed by atoms with Crippen molar-refractivity contribution in [3.8, 4) is 23.0 Å². The molecular formula is C53H72N12O12. The van der Waals surface area contributed by atoms with E-state index < -0.39 is 71.4 Å². The molecule has 0 saturated heterocycles. The van der Waals surface area contributed by atoms with E-state index in [2.05, 4.69) is 37.2 Å². The molecule has 0 aromatic heterocycles. The number of ether oxygens (including phenoxy) is 4. The van der Waals surface area contributed by atoms with Crippen LogP contribution in [0.25, 0.3) is 0 Å². The van der Waals surface area contributed by atoms with Crippen LogP contribution in [0, 0.1) is 0 Å². The van der Waals surface area contributed by atoms with Crippen molar-refractivity contribution in [3.63, 3.8) is 0 Å². The highest BCUT2D eigenvalue weighted by atomic mass is 16.5. The molecule has 0 aliphatic carbocycles. The van der Waals surface area contributed by atoms with Crippen molar-refractivity contribution in [2.45, 2.75) is 88.9 Å². The van der Waals surface area contributed by atoms with E-state index in [4.69, 9.17) is 47.6 Å². The molecule has 416 valence electrons. The molecule has 24 heteroatoms. The monoisotopic (exact) mass is 1070 g/mol. The van der Waals surface area contributed by atoms with Gasteiger partial charge in [-0.2, -0.15) is 0 Å². The van der Waals surface area contributed by atoms with E-state index >= 15 is 0 Å². The third kappa shape index (κ3) is 18.2. The number of hydrogen-bond donors (Lipinski definition) is 12. The number of nitrogens with two attached hydrogens (primary N) is 5. The Bertz CT molecular complexity index is 2720. The van der Waals surface area contributed by atoms with E-state index in [0.29, 0.717) is 64.6 Å². The number of rotatable bonds is 31. The molecule has 4 aromatic rings. The van der Waals surface area contributed by atoms with E-state index in [-0.39, 0.29) is 80.8 Å². The maximum atomic E-state index is 14.1. The molecule has 4 rings (SSSR count). The number of anilines is 4. The number of carbonyl (C=O) groups is 8. The summed E-state index contributed by atoms with van der Waals surface area (Å²) in [7, 11) is 5.42. The molecule has 77 heavy (non-hydrogen) atoms. The molecule has 0 spiro atoms. The topological polar surface area (TPSA) is 388 Å². The second kappa shape index (κ2) is 30.9. The summed E-state index contributed by atoms with van der Waals surface area (Å²) in [5.74, 6) is -4.66. The van der Waals surface area contributed by atoms with Gasteiger partial charge in [0.25, 0.3) is 23.6 Å². The van der Waals surface area contributed by atoms with Crippen LogP contribution in [-0.4, -0.2) is 119 Å². The quantitative estimate of drug-likeness (QED) is 0.0322. The van der Waals surface area contributed by atoms with Gasteiger partial charge < -0.3 is 84.8 Å². The highest BCUT2D eigenvalue weighted by Crippen LogP contribution is 2.28. The Balaban J connectivity index is 1.51. The van der Waals surface area contributed by atoms with Crippen LogP contribution in [-0.2, 0) is 19.2 Å². The van der Waals surface area contributed by atoms with Crippen LogP contribution < -0.4 is 84.8 Å². The summed E-state index contributed by atoms with van der Waals surface area (Å²) in [4.78, 5) is 108. The van der Waals surface area contributed by atoms with E-state index in [0.717, 1.165) is 0 Å². The van der Waals surface area contributed by atoms with Crippen molar-refractivity contribution in [1.29, 1.82) is 0 Å². The molecular weight excluding hydrogens is 997 g/mol. The fourth-order valence-corrected chi connectivity index (χ4v) is 7.79. The van der Waals surface area contributed by atoms with E-state index in [1.54, 1.807) is 6.07 Å². The molecule has 4 aromatic carbocycles. The zero-order chi connectivity index (χ0) is 56.6. The van der Waals surface area contributed by atoms with Gasteiger partial charge in [0.05, 0.1) is 56.7 Å². The molecule has 0 aliphatic rings. The largest absolute Gasteiger partial charge is 0.496 e. The lowest BCUT2D eigenvalue weighted by Crippen LogP contribution is -2.44. The zero-order valence-electron chi connectivity index (χ0n) is 44.0. The molecule has 0 heterocycles. The number of amides is 8. The van der Waals surface area contributed by atoms with E-state index in [1.807, 2.05) is 0 Å². The van der Waals surface area contributed by atoms with Crippen LogP contribution in [0.1, 0.15) is 106 Å². The number of carbonyl (C=O) groups excluding carboxylic acids is 8. The Morgan fingerprint density at radius 1 is 0.429 bits per heavy atom. The van der Waals surface area contributed by atoms with Crippen molar-refractivity contribution in [1.82, 2.24) is 16.0 Å². The van der Waals surface area contributed by atoms with Crippen LogP contribution >= 0.6 is 0 Å². The van der Waals surface area contributed by atoms with Gasteiger partial charge in [-0.15, -0.1) is 0 Å². The SMILES string of the molecule is COc1ccc(NC(=O)C(C)NC(=O)c2cc(NC(=O)C(CCCCN)NC(=O)c3cc(NC(=O)C(CCCCN)NC(=O)c4cc(NC(=O)C(N)CCCCN)ccc4OC)ccc3OC)ccc2OC)cc1C(N)=O. The van der Waals surface area contributed by atoms with Gasteiger partial charge in [0, 0.05) is 22.7 Å². The highest BCUT2D eigenvalue weighted by molar-refractivity contribution is 6.07. The fourth-order valence-electron chi connectivity index (χ4n) is 7.79. The van der Waals surface area contributed by atoms with Crippen molar-refractivity contribution in [2.24, 2.45) is 28.7 Å². The van der Waals surface area contributed by atoms with E-state index in [1.165, 1.54) is 102 Å². The highest BCUT2D eigenvalue weighted by Gasteiger charge is 2.28. The maximum absolute atomic E-state index is 14.1. The van der Waals surface area contributed by atoms with Crippen molar-refractivity contribution in [3.05, 3.63) is 95.1 Å². The summed E-state index contributed by atoms with van der Waals surface area (Å²) < 4.78 is 21.5. The molecule has 0 bridgehead atoms. The number of unbranched alkanes of at least 4 members (excludes halogenated alkanes) is 3. The number of benzene rings is 4. The number of methoxy groups -OCH3 is 4. The number of hydrogen-bond acceptors (Lipinski definition) is 16. The minimum Gasteiger partial charge on any atom is -0.496 e. The van der Waals surface area contributed by atoms with Gasteiger partial charge in [0.15, 0.2) is 0 Å². The lowest BCUT2D eigenvalue weighted by Gasteiger charge is -2.21. The molecule has 0 fully saturated rings. The first-order valence-electron chi connectivity index (χ1n) is 25.0. The first-order valence-corrected chi connectivity index (χ1v) is 25.0. The Kier molecular flexibility index (Phi) is 24.6. The smallest absolute Gasteiger partial charge is 0.255 e. The third-order valence-corrected chi connectivity index (χ3v) is 12.1. The lowest BCUT2D eigenvalue weighted by atomic mass is 10.1. The van der Waals surface area contributed by atoms with Gasteiger partial charge in [-0.1, -0.05) is 6.42 Å². The number of primary amides is 1. The summed E-state index contributed by atoms with van der Waals surface area (Å²) in [6.07, 6.45) is 4.09. The molecule has 4 unspecified atom stereocenters. The van der Waals surface area contributed by atoms with Crippen LogP contribution in [0.4, 0.5) is 22.7 Å². The predicted molar refractivity (Wildman–Crippen MR) is 291 cm³/mol. The van der Waals surface area contributed by atoms with Crippen molar-refractivity contribution >= 4 is 70.0 Å². The van der Waals surface area contributed by atoms with Crippen molar-refractivity contribution < 1.29 is 57.3 Å². The summed E-state index contributed by atoms with van der Waals surface area (Å²) in [5, 5.41) is 19.0. The Labute approximate surface area is 446 Å².